The van der Waals surface area contributed by atoms with Gasteiger partial charge in [-0.1, -0.05) is 13.3 Å². The summed E-state index contributed by atoms with van der Waals surface area (Å²) in [7, 11) is 3.36. The molecule has 0 bridgehead atoms. The number of rotatable bonds is 5. The fraction of sp³-hybridized carbons (Fsp3) is 0.733. The predicted octanol–water partition coefficient (Wildman–Crippen LogP) is 2.53. The van der Waals surface area contributed by atoms with Gasteiger partial charge in [0.25, 0.3) is 5.91 Å². The zero-order chi connectivity index (χ0) is 15.4. The minimum Gasteiger partial charge on any atom is -0.481 e. The maximum Gasteiger partial charge on any atom is 0.258 e. The molecule has 118 valence electrons. The molecule has 1 amide bonds. The number of hydrogen-bond acceptors (Lipinski definition) is 4. The number of aryl methyl sites for hydroxylation is 2. The molecule has 0 saturated heterocycles. The highest BCUT2D eigenvalue weighted by Crippen LogP contribution is 2.29. The SMILES string of the molecule is CCS[C@H]1CCC[C@@H](NC(=O)c2c(C)nn(C)c2OC)C1. The van der Waals surface area contributed by atoms with Crippen LogP contribution in [0.1, 0.15) is 48.7 Å². The van der Waals surface area contributed by atoms with E-state index in [9.17, 15) is 4.79 Å². The molecule has 2 rings (SSSR count). The van der Waals surface area contributed by atoms with Gasteiger partial charge in [0.2, 0.25) is 5.88 Å². The number of carbonyl (C=O) groups excluding carboxylic acids is 1. The van der Waals surface area contributed by atoms with E-state index in [1.807, 2.05) is 18.7 Å². The molecule has 1 heterocycles. The van der Waals surface area contributed by atoms with E-state index in [0.29, 0.717) is 22.4 Å². The third kappa shape index (κ3) is 3.73. The summed E-state index contributed by atoms with van der Waals surface area (Å²) in [6.07, 6.45) is 4.58. The van der Waals surface area contributed by atoms with E-state index in [1.165, 1.54) is 12.8 Å². The number of ether oxygens (including phenoxy) is 1. The first-order valence-corrected chi connectivity index (χ1v) is 8.61. The Morgan fingerprint density at radius 3 is 2.95 bits per heavy atom. The van der Waals surface area contributed by atoms with Crippen molar-refractivity contribution in [3.63, 3.8) is 0 Å². The van der Waals surface area contributed by atoms with Gasteiger partial charge in [0.05, 0.1) is 12.8 Å². The molecule has 0 spiro atoms. The van der Waals surface area contributed by atoms with Gasteiger partial charge in [0, 0.05) is 18.3 Å². The normalized spacial score (nSPS) is 22.1. The Hall–Kier alpha value is -1.17. The lowest BCUT2D eigenvalue weighted by Gasteiger charge is -2.29. The summed E-state index contributed by atoms with van der Waals surface area (Å²) in [5, 5.41) is 8.11. The number of nitrogens with zero attached hydrogens (tertiary/aromatic N) is 2. The van der Waals surface area contributed by atoms with Crippen LogP contribution < -0.4 is 10.1 Å². The van der Waals surface area contributed by atoms with Crippen molar-refractivity contribution in [3.05, 3.63) is 11.3 Å². The maximum absolute atomic E-state index is 12.5. The molecule has 0 aromatic carbocycles. The standard InChI is InChI=1S/C15H25N3O2S/c1-5-21-12-8-6-7-11(9-12)16-14(19)13-10(2)17-18(3)15(13)20-4/h11-12H,5-9H2,1-4H3,(H,16,19)/t11-,12+/m1/s1. The molecule has 1 aromatic heterocycles. The van der Waals surface area contributed by atoms with Crippen LogP contribution >= 0.6 is 11.8 Å². The molecule has 2 atom stereocenters. The third-order valence-electron chi connectivity index (χ3n) is 3.95. The van der Waals surface area contributed by atoms with E-state index in [1.54, 1.807) is 18.8 Å². The van der Waals surface area contributed by atoms with Crippen LogP contribution in [0.3, 0.4) is 0 Å². The van der Waals surface area contributed by atoms with Crippen molar-refractivity contribution in [1.82, 2.24) is 15.1 Å². The van der Waals surface area contributed by atoms with Gasteiger partial charge in [-0.25, -0.2) is 4.68 Å². The average molecular weight is 311 g/mol. The van der Waals surface area contributed by atoms with Crippen molar-refractivity contribution >= 4 is 17.7 Å². The second kappa shape index (κ2) is 7.20. The van der Waals surface area contributed by atoms with Crippen molar-refractivity contribution in [3.8, 4) is 5.88 Å². The smallest absolute Gasteiger partial charge is 0.258 e. The van der Waals surface area contributed by atoms with Gasteiger partial charge in [-0.3, -0.25) is 4.79 Å². The Bertz CT molecular complexity index is 499. The van der Waals surface area contributed by atoms with Gasteiger partial charge in [-0.2, -0.15) is 16.9 Å². The average Bonchev–Trinajstić information content (AvgIpc) is 2.73. The first-order valence-electron chi connectivity index (χ1n) is 7.56. The van der Waals surface area contributed by atoms with Gasteiger partial charge in [0.1, 0.15) is 5.56 Å². The van der Waals surface area contributed by atoms with Crippen molar-refractivity contribution in [2.24, 2.45) is 7.05 Å². The molecule has 21 heavy (non-hydrogen) atoms. The van der Waals surface area contributed by atoms with Gasteiger partial charge < -0.3 is 10.1 Å². The maximum atomic E-state index is 12.5. The summed E-state index contributed by atoms with van der Waals surface area (Å²) in [6, 6.07) is 0.264. The Labute approximate surface area is 130 Å². The Balaban J connectivity index is 2.04. The fourth-order valence-electron chi connectivity index (χ4n) is 3.05. The molecule has 1 fully saturated rings. The lowest BCUT2D eigenvalue weighted by atomic mass is 9.94. The zero-order valence-corrected chi connectivity index (χ0v) is 14.1. The highest BCUT2D eigenvalue weighted by Gasteiger charge is 2.27. The molecular weight excluding hydrogens is 286 g/mol. The first-order chi connectivity index (χ1) is 10.1. The Kier molecular flexibility index (Phi) is 5.56. The highest BCUT2D eigenvalue weighted by atomic mass is 32.2. The number of nitrogens with one attached hydrogen (secondary N) is 1. The molecule has 1 aromatic rings. The fourth-order valence-corrected chi connectivity index (χ4v) is 4.23. The number of hydrogen-bond donors (Lipinski definition) is 1. The molecule has 1 N–H and O–H groups in total. The zero-order valence-electron chi connectivity index (χ0n) is 13.3. The Morgan fingerprint density at radius 1 is 1.52 bits per heavy atom. The molecule has 0 radical (unpaired) electrons. The number of methoxy groups -OCH3 is 1. The predicted molar refractivity (Wildman–Crippen MR) is 86.1 cm³/mol. The van der Waals surface area contributed by atoms with Crippen LogP contribution in [0.15, 0.2) is 0 Å². The summed E-state index contributed by atoms with van der Waals surface area (Å²) in [5.41, 5.74) is 1.27. The van der Waals surface area contributed by atoms with Gasteiger partial charge in [-0.05, 0) is 31.9 Å². The van der Waals surface area contributed by atoms with Crippen molar-refractivity contribution in [2.45, 2.75) is 50.8 Å². The molecular formula is C15H25N3O2S. The van der Waals surface area contributed by atoms with Gasteiger partial charge in [0.15, 0.2) is 0 Å². The molecule has 1 saturated carbocycles. The largest absolute Gasteiger partial charge is 0.481 e. The number of thioether (sulfide) groups is 1. The summed E-state index contributed by atoms with van der Waals surface area (Å²) >= 11 is 2.00. The Morgan fingerprint density at radius 2 is 2.29 bits per heavy atom. The molecule has 5 nitrogen and oxygen atoms in total. The van der Waals surface area contributed by atoms with Crippen molar-refractivity contribution in [2.75, 3.05) is 12.9 Å². The van der Waals surface area contributed by atoms with E-state index < -0.39 is 0 Å². The second-order valence-corrected chi connectivity index (χ2v) is 7.08. The number of aromatic nitrogens is 2. The summed E-state index contributed by atoms with van der Waals surface area (Å²) in [5.74, 6) is 1.60. The van der Waals surface area contributed by atoms with Crippen molar-refractivity contribution < 1.29 is 9.53 Å². The van der Waals surface area contributed by atoms with Crippen LogP contribution in [-0.2, 0) is 7.05 Å². The molecule has 0 unspecified atom stereocenters. The van der Waals surface area contributed by atoms with E-state index in [2.05, 4.69) is 17.3 Å². The van der Waals surface area contributed by atoms with E-state index >= 15 is 0 Å². The number of amides is 1. The van der Waals surface area contributed by atoms with Crippen LogP contribution in [0.5, 0.6) is 5.88 Å². The lowest BCUT2D eigenvalue weighted by molar-refractivity contribution is 0.0924. The van der Waals surface area contributed by atoms with E-state index in [4.69, 9.17) is 4.74 Å². The van der Waals surface area contributed by atoms with E-state index in [-0.39, 0.29) is 11.9 Å². The topological polar surface area (TPSA) is 56.2 Å². The van der Waals surface area contributed by atoms with Crippen LogP contribution in [0.4, 0.5) is 0 Å². The minimum atomic E-state index is -0.0652. The third-order valence-corrected chi connectivity index (χ3v) is 5.19. The molecule has 1 aliphatic carbocycles. The summed E-state index contributed by atoms with van der Waals surface area (Å²) in [4.78, 5) is 12.5. The quantitative estimate of drug-likeness (QED) is 0.908. The van der Waals surface area contributed by atoms with Crippen LogP contribution in [0, 0.1) is 6.92 Å². The first kappa shape index (κ1) is 16.2. The van der Waals surface area contributed by atoms with Crippen LogP contribution in [-0.4, -0.2) is 39.8 Å². The monoisotopic (exact) mass is 311 g/mol. The van der Waals surface area contributed by atoms with Crippen LogP contribution in [0.25, 0.3) is 0 Å². The van der Waals surface area contributed by atoms with Crippen molar-refractivity contribution in [1.29, 1.82) is 0 Å². The summed E-state index contributed by atoms with van der Waals surface area (Å²) in [6.45, 7) is 4.03. The molecule has 1 aliphatic rings. The van der Waals surface area contributed by atoms with E-state index in [0.717, 1.165) is 18.6 Å². The highest BCUT2D eigenvalue weighted by molar-refractivity contribution is 7.99. The van der Waals surface area contributed by atoms with Crippen LogP contribution in [0.2, 0.25) is 0 Å². The van der Waals surface area contributed by atoms with Gasteiger partial charge >= 0.3 is 0 Å². The van der Waals surface area contributed by atoms with Gasteiger partial charge in [-0.15, -0.1) is 0 Å². The minimum absolute atomic E-state index is 0.0652. The molecule has 0 aliphatic heterocycles. The lowest BCUT2D eigenvalue weighted by Crippen LogP contribution is -2.39. The molecule has 6 heteroatoms. The summed E-state index contributed by atoms with van der Waals surface area (Å²) < 4.78 is 6.91. The number of carbonyl (C=O) groups is 1. The second-order valence-electron chi connectivity index (χ2n) is 5.51.